The number of nitrogens with zero attached hydrogens (tertiary/aromatic N) is 2. The number of halogens is 1. The second-order valence-electron chi connectivity index (χ2n) is 4.11. The van der Waals surface area contributed by atoms with Crippen molar-refractivity contribution in [3.63, 3.8) is 0 Å². The van der Waals surface area contributed by atoms with Gasteiger partial charge >= 0.3 is 5.97 Å². The Balaban J connectivity index is 2.19. The third-order valence-electron chi connectivity index (χ3n) is 2.54. The number of benzene rings is 1. The highest BCUT2D eigenvalue weighted by Gasteiger charge is 2.11. The zero-order valence-electron chi connectivity index (χ0n) is 11.3. The maximum atomic E-state index is 13.4. The zero-order valence-corrected chi connectivity index (χ0v) is 11.3. The lowest BCUT2D eigenvalue weighted by Gasteiger charge is -2.09. The van der Waals surface area contributed by atoms with Gasteiger partial charge in [0.05, 0.1) is 0 Å². The Morgan fingerprint density at radius 1 is 1.38 bits per heavy atom. The van der Waals surface area contributed by atoms with Crippen LogP contribution in [0.2, 0.25) is 0 Å². The Morgan fingerprint density at radius 3 is 2.81 bits per heavy atom. The van der Waals surface area contributed by atoms with Gasteiger partial charge in [0.25, 0.3) is 0 Å². The van der Waals surface area contributed by atoms with Crippen molar-refractivity contribution >= 4 is 11.8 Å². The SMILES string of the molecule is CCNc1cc(C(=O)O)nc(COc2ccccc2F)n1. The first-order valence-electron chi connectivity index (χ1n) is 6.32. The van der Waals surface area contributed by atoms with Gasteiger partial charge in [-0.3, -0.25) is 0 Å². The number of carbonyl (C=O) groups is 1. The van der Waals surface area contributed by atoms with Gasteiger partial charge < -0.3 is 15.2 Å². The quantitative estimate of drug-likeness (QED) is 0.849. The van der Waals surface area contributed by atoms with Crippen LogP contribution in [0.1, 0.15) is 23.2 Å². The molecular weight excluding hydrogens is 277 g/mol. The van der Waals surface area contributed by atoms with Gasteiger partial charge in [-0.1, -0.05) is 12.1 Å². The zero-order chi connectivity index (χ0) is 15.2. The van der Waals surface area contributed by atoms with E-state index in [0.717, 1.165) is 0 Å². The largest absolute Gasteiger partial charge is 0.483 e. The van der Waals surface area contributed by atoms with Gasteiger partial charge in [-0.25, -0.2) is 19.2 Å². The van der Waals surface area contributed by atoms with Gasteiger partial charge in [-0.05, 0) is 19.1 Å². The maximum Gasteiger partial charge on any atom is 0.354 e. The van der Waals surface area contributed by atoms with Crippen LogP contribution in [0.4, 0.5) is 10.2 Å². The predicted octanol–water partition coefficient (Wildman–Crippen LogP) is 2.32. The van der Waals surface area contributed by atoms with Crippen molar-refractivity contribution in [2.45, 2.75) is 13.5 Å². The number of ether oxygens (including phenoxy) is 1. The minimum absolute atomic E-state index is 0.0619. The number of hydrogen-bond donors (Lipinski definition) is 2. The number of carboxylic acids is 1. The molecule has 0 unspecified atom stereocenters. The van der Waals surface area contributed by atoms with E-state index in [2.05, 4.69) is 15.3 Å². The summed E-state index contributed by atoms with van der Waals surface area (Å²) in [4.78, 5) is 19.0. The molecule has 0 fully saturated rings. The molecule has 0 spiro atoms. The normalized spacial score (nSPS) is 10.2. The van der Waals surface area contributed by atoms with Crippen LogP contribution in [0.5, 0.6) is 5.75 Å². The number of aromatic nitrogens is 2. The van der Waals surface area contributed by atoms with Crippen LogP contribution in [0.25, 0.3) is 0 Å². The first-order chi connectivity index (χ1) is 10.1. The van der Waals surface area contributed by atoms with E-state index in [0.29, 0.717) is 12.4 Å². The summed E-state index contributed by atoms with van der Waals surface area (Å²) in [5, 5.41) is 11.9. The summed E-state index contributed by atoms with van der Waals surface area (Å²) >= 11 is 0. The third kappa shape index (κ3) is 3.88. The fourth-order valence-electron chi connectivity index (χ4n) is 1.65. The summed E-state index contributed by atoms with van der Waals surface area (Å²) in [6.45, 7) is 2.32. The van der Waals surface area contributed by atoms with Gasteiger partial charge in [0.15, 0.2) is 23.1 Å². The lowest BCUT2D eigenvalue weighted by atomic mass is 10.3. The monoisotopic (exact) mass is 291 g/mol. The Morgan fingerprint density at radius 2 is 2.14 bits per heavy atom. The van der Waals surface area contributed by atoms with E-state index < -0.39 is 11.8 Å². The number of para-hydroxylation sites is 1. The molecule has 110 valence electrons. The molecule has 1 heterocycles. The lowest BCUT2D eigenvalue weighted by Crippen LogP contribution is -2.11. The molecule has 1 aromatic heterocycles. The Hall–Kier alpha value is -2.70. The lowest BCUT2D eigenvalue weighted by molar-refractivity contribution is 0.0689. The van der Waals surface area contributed by atoms with Gasteiger partial charge in [-0.15, -0.1) is 0 Å². The van der Waals surface area contributed by atoms with Crippen LogP contribution in [0.3, 0.4) is 0 Å². The van der Waals surface area contributed by atoms with Crippen LogP contribution in [0, 0.1) is 5.82 Å². The third-order valence-corrected chi connectivity index (χ3v) is 2.54. The molecule has 2 N–H and O–H groups in total. The maximum absolute atomic E-state index is 13.4. The van der Waals surface area contributed by atoms with Crippen molar-refractivity contribution in [1.29, 1.82) is 0 Å². The fourth-order valence-corrected chi connectivity index (χ4v) is 1.65. The van der Waals surface area contributed by atoms with Crippen LogP contribution >= 0.6 is 0 Å². The van der Waals surface area contributed by atoms with E-state index >= 15 is 0 Å². The van der Waals surface area contributed by atoms with Crippen molar-refractivity contribution in [2.24, 2.45) is 0 Å². The molecule has 0 saturated heterocycles. The standard InChI is InChI=1S/C14H14FN3O3/c1-2-16-12-7-10(14(19)20)17-13(18-12)8-21-11-6-4-3-5-9(11)15/h3-7H,2,8H2,1H3,(H,19,20)(H,16,17,18). The molecule has 0 aliphatic carbocycles. The predicted molar refractivity (Wildman–Crippen MR) is 73.9 cm³/mol. The van der Waals surface area contributed by atoms with E-state index in [-0.39, 0.29) is 23.9 Å². The smallest absolute Gasteiger partial charge is 0.354 e. The average Bonchev–Trinajstić information content (AvgIpc) is 2.46. The summed E-state index contributed by atoms with van der Waals surface area (Å²) in [5.74, 6) is -1.06. The van der Waals surface area contributed by atoms with Gasteiger partial charge in [-0.2, -0.15) is 0 Å². The second kappa shape index (κ2) is 6.65. The molecule has 2 aromatic rings. The molecular formula is C14H14FN3O3. The highest BCUT2D eigenvalue weighted by molar-refractivity contribution is 5.86. The molecule has 0 atom stereocenters. The number of hydrogen-bond acceptors (Lipinski definition) is 5. The van der Waals surface area contributed by atoms with Crippen LogP contribution in [-0.4, -0.2) is 27.6 Å². The van der Waals surface area contributed by atoms with E-state index in [9.17, 15) is 9.18 Å². The highest BCUT2D eigenvalue weighted by atomic mass is 19.1. The Labute approximate surface area is 120 Å². The van der Waals surface area contributed by atoms with Crippen LogP contribution < -0.4 is 10.1 Å². The number of anilines is 1. The van der Waals surface area contributed by atoms with E-state index in [4.69, 9.17) is 9.84 Å². The number of aromatic carboxylic acids is 1. The molecule has 0 aliphatic heterocycles. The van der Waals surface area contributed by atoms with E-state index in [1.165, 1.54) is 18.2 Å². The van der Waals surface area contributed by atoms with Gasteiger partial charge in [0.1, 0.15) is 12.4 Å². The number of carboxylic acid groups (broad SMARTS) is 1. The summed E-state index contributed by atoms with van der Waals surface area (Å²) in [7, 11) is 0. The molecule has 7 heteroatoms. The molecule has 0 amide bonds. The molecule has 21 heavy (non-hydrogen) atoms. The first-order valence-corrected chi connectivity index (χ1v) is 6.32. The molecule has 2 rings (SSSR count). The number of rotatable bonds is 6. The topological polar surface area (TPSA) is 84.3 Å². The van der Waals surface area contributed by atoms with Crippen LogP contribution in [0.15, 0.2) is 30.3 Å². The summed E-state index contributed by atoms with van der Waals surface area (Å²) in [6, 6.07) is 7.26. The summed E-state index contributed by atoms with van der Waals surface area (Å²) in [5.41, 5.74) is -0.145. The van der Waals surface area contributed by atoms with Crippen molar-refractivity contribution in [3.8, 4) is 5.75 Å². The van der Waals surface area contributed by atoms with Crippen LogP contribution in [-0.2, 0) is 6.61 Å². The molecule has 0 radical (unpaired) electrons. The van der Waals surface area contributed by atoms with E-state index in [1.54, 1.807) is 12.1 Å². The Kier molecular flexibility index (Phi) is 4.65. The van der Waals surface area contributed by atoms with Crippen molar-refractivity contribution in [1.82, 2.24) is 9.97 Å². The molecule has 0 saturated carbocycles. The molecule has 0 aliphatic rings. The summed E-state index contributed by atoms with van der Waals surface area (Å²) < 4.78 is 18.7. The number of nitrogens with one attached hydrogen (secondary N) is 1. The summed E-state index contributed by atoms with van der Waals surface area (Å²) in [6.07, 6.45) is 0. The molecule has 6 nitrogen and oxygen atoms in total. The first kappa shape index (κ1) is 14.7. The molecule has 0 bridgehead atoms. The van der Waals surface area contributed by atoms with Crippen molar-refractivity contribution in [2.75, 3.05) is 11.9 Å². The van der Waals surface area contributed by atoms with Gasteiger partial charge in [0, 0.05) is 12.6 Å². The Bertz CT molecular complexity index is 649. The van der Waals surface area contributed by atoms with Crippen molar-refractivity contribution in [3.05, 3.63) is 47.7 Å². The highest BCUT2D eigenvalue weighted by Crippen LogP contribution is 2.17. The molecule has 1 aromatic carbocycles. The van der Waals surface area contributed by atoms with Gasteiger partial charge in [0.2, 0.25) is 0 Å². The second-order valence-corrected chi connectivity index (χ2v) is 4.11. The average molecular weight is 291 g/mol. The minimum Gasteiger partial charge on any atom is -0.483 e. The van der Waals surface area contributed by atoms with E-state index in [1.807, 2.05) is 6.92 Å². The fraction of sp³-hybridized carbons (Fsp3) is 0.214. The van der Waals surface area contributed by atoms with Crippen molar-refractivity contribution < 1.29 is 19.0 Å². The minimum atomic E-state index is -1.16.